The highest BCUT2D eigenvalue weighted by molar-refractivity contribution is 5.97. The third-order valence-corrected chi connectivity index (χ3v) is 3.81. The zero-order valence-electron chi connectivity index (χ0n) is 13.3. The molecule has 0 radical (unpaired) electrons. The average molecular weight is 325 g/mol. The van der Waals surface area contributed by atoms with E-state index in [-0.39, 0.29) is 17.1 Å². The van der Waals surface area contributed by atoms with Crippen molar-refractivity contribution in [2.75, 3.05) is 0 Å². The van der Waals surface area contributed by atoms with Crippen molar-refractivity contribution in [3.05, 3.63) is 59.4 Å². The van der Waals surface area contributed by atoms with Crippen LogP contribution in [0.4, 0.5) is 10.1 Å². The van der Waals surface area contributed by atoms with Crippen LogP contribution in [0.3, 0.4) is 0 Å². The summed E-state index contributed by atoms with van der Waals surface area (Å²) in [7, 11) is 0. The van der Waals surface area contributed by atoms with Gasteiger partial charge in [-0.15, -0.1) is 10.2 Å². The van der Waals surface area contributed by atoms with Crippen molar-refractivity contribution in [3.63, 3.8) is 0 Å². The largest absolute Gasteiger partial charge is 0.493 e. The van der Waals surface area contributed by atoms with Crippen LogP contribution < -0.4 is 0 Å². The Morgan fingerprint density at radius 3 is 2.58 bits per heavy atom. The van der Waals surface area contributed by atoms with E-state index in [1.54, 1.807) is 4.57 Å². The van der Waals surface area contributed by atoms with Gasteiger partial charge in [-0.1, -0.05) is 11.6 Å². The van der Waals surface area contributed by atoms with Gasteiger partial charge in [0.1, 0.15) is 5.82 Å². The summed E-state index contributed by atoms with van der Waals surface area (Å²) in [5.41, 5.74) is 2.32. The molecule has 0 aliphatic rings. The van der Waals surface area contributed by atoms with Crippen molar-refractivity contribution >= 4 is 22.5 Å². The third-order valence-electron chi connectivity index (χ3n) is 3.81. The third kappa shape index (κ3) is 2.78. The molecule has 1 aromatic heterocycles. The van der Waals surface area contributed by atoms with E-state index in [0.717, 1.165) is 16.5 Å². The summed E-state index contributed by atoms with van der Waals surface area (Å²) in [5, 5.41) is 18.7. The van der Waals surface area contributed by atoms with Crippen LogP contribution in [0.5, 0.6) is 5.88 Å². The summed E-state index contributed by atoms with van der Waals surface area (Å²) in [6.45, 7) is 4.40. The van der Waals surface area contributed by atoms with Gasteiger partial charge in [0.25, 0.3) is 5.91 Å². The molecule has 0 aliphatic heterocycles. The number of hydrogen-bond donors (Lipinski definition) is 1. The van der Waals surface area contributed by atoms with Crippen LogP contribution in [-0.2, 0) is 6.54 Å². The second-order valence-corrected chi connectivity index (χ2v) is 5.45. The molecule has 0 atom stereocenters. The predicted molar refractivity (Wildman–Crippen MR) is 89.3 cm³/mol. The van der Waals surface area contributed by atoms with Crippen molar-refractivity contribution in [2.24, 2.45) is 10.2 Å². The summed E-state index contributed by atoms with van der Waals surface area (Å²) < 4.78 is 14.6. The van der Waals surface area contributed by atoms with E-state index in [0.29, 0.717) is 6.54 Å². The lowest BCUT2D eigenvalue weighted by Gasteiger charge is -2.01. The molecule has 0 aliphatic carbocycles. The van der Waals surface area contributed by atoms with Crippen LogP contribution in [0.25, 0.3) is 10.9 Å². The number of carbonyl (C=O) groups excluding carboxylic acids is 1. The topological polar surface area (TPSA) is 66.9 Å². The molecular formula is C18H16FN3O2. The zero-order chi connectivity index (χ0) is 17.3. The van der Waals surface area contributed by atoms with E-state index >= 15 is 0 Å². The number of aromatic hydroxyl groups is 1. The fourth-order valence-electron chi connectivity index (χ4n) is 2.60. The van der Waals surface area contributed by atoms with E-state index in [4.69, 9.17) is 0 Å². The molecule has 3 aromatic rings. The second-order valence-electron chi connectivity index (χ2n) is 5.45. The van der Waals surface area contributed by atoms with Gasteiger partial charge in [0.2, 0.25) is 5.88 Å². The monoisotopic (exact) mass is 325 g/mol. The van der Waals surface area contributed by atoms with Crippen LogP contribution in [-0.4, -0.2) is 15.6 Å². The Bertz CT molecular complexity index is 943. The minimum absolute atomic E-state index is 0.0336. The van der Waals surface area contributed by atoms with Gasteiger partial charge in [0.05, 0.1) is 5.52 Å². The molecule has 0 unspecified atom stereocenters. The van der Waals surface area contributed by atoms with Crippen molar-refractivity contribution in [1.29, 1.82) is 0 Å². The molecule has 5 nitrogen and oxygen atoms in total. The lowest BCUT2D eigenvalue weighted by molar-refractivity contribution is 0.0995. The highest BCUT2D eigenvalue weighted by atomic mass is 19.1. The van der Waals surface area contributed by atoms with Crippen molar-refractivity contribution in [3.8, 4) is 5.88 Å². The fraction of sp³-hybridized carbons (Fsp3) is 0.167. The highest BCUT2D eigenvalue weighted by Crippen LogP contribution is 2.39. The van der Waals surface area contributed by atoms with Crippen molar-refractivity contribution in [2.45, 2.75) is 20.4 Å². The Labute approximate surface area is 138 Å². The Kier molecular flexibility index (Phi) is 4.12. The van der Waals surface area contributed by atoms with Crippen LogP contribution in [0.2, 0.25) is 0 Å². The Hall–Kier alpha value is -3.02. The smallest absolute Gasteiger partial charge is 0.295 e. The highest BCUT2D eigenvalue weighted by Gasteiger charge is 2.16. The lowest BCUT2D eigenvalue weighted by Crippen LogP contribution is -1.93. The molecule has 122 valence electrons. The number of aromatic nitrogens is 1. The number of nitrogens with zero attached hydrogens (tertiary/aromatic N) is 3. The van der Waals surface area contributed by atoms with Gasteiger partial charge in [-0.2, -0.15) is 0 Å². The Balaban J connectivity index is 2.03. The van der Waals surface area contributed by atoms with Crippen molar-refractivity contribution < 1.29 is 14.3 Å². The zero-order valence-corrected chi connectivity index (χ0v) is 13.3. The average Bonchev–Trinajstić information content (AvgIpc) is 2.83. The summed E-state index contributed by atoms with van der Waals surface area (Å²) >= 11 is 0. The number of hydrogen-bond acceptors (Lipinski definition) is 3. The first-order valence-corrected chi connectivity index (χ1v) is 7.54. The Morgan fingerprint density at radius 1 is 1.21 bits per heavy atom. The lowest BCUT2D eigenvalue weighted by atomic mass is 10.1. The summed E-state index contributed by atoms with van der Waals surface area (Å²) in [6, 6.07) is 10.8. The summed E-state index contributed by atoms with van der Waals surface area (Å²) in [5.74, 6) is -1.06. The van der Waals surface area contributed by atoms with Gasteiger partial charge in [0, 0.05) is 17.5 Å². The molecule has 0 bridgehead atoms. The van der Waals surface area contributed by atoms with Gasteiger partial charge >= 0.3 is 0 Å². The second kappa shape index (κ2) is 6.23. The molecule has 1 amide bonds. The molecule has 1 N–H and O–H groups in total. The quantitative estimate of drug-likeness (QED) is 0.707. The molecule has 2 aromatic carbocycles. The number of aryl methyl sites for hydroxylation is 2. The van der Waals surface area contributed by atoms with E-state index < -0.39 is 11.7 Å². The van der Waals surface area contributed by atoms with Crippen LogP contribution >= 0.6 is 0 Å². The molecule has 0 saturated carbocycles. The van der Waals surface area contributed by atoms with E-state index in [2.05, 4.69) is 10.2 Å². The van der Waals surface area contributed by atoms with E-state index in [9.17, 15) is 14.3 Å². The summed E-state index contributed by atoms with van der Waals surface area (Å²) in [4.78, 5) is 12.0. The van der Waals surface area contributed by atoms with Crippen molar-refractivity contribution in [1.82, 2.24) is 4.57 Å². The number of fused-ring (bicyclic) bond motifs is 1. The molecular weight excluding hydrogens is 309 g/mol. The predicted octanol–water partition coefficient (Wildman–Crippen LogP) is 4.74. The normalized spacial score (nSPS) is 11.5. The minimum Gasteiger partial charge on any atom is -0.493 e. The van der Waals surface area contributed by atoms with Gasteiger partial charge in [-0.05, 0) is 50.2 Å². The maximum atomic E-state index is 12.9. The first-order valence-electron chi connectivity index (χ1n) is 7.54. The molecule has 0 spiro atoms. The van der Waals surface area contributed by atoms with Crippen LogP contribution in [0.1, 0.15) is 22.8 Å². The van der Waals surface area contributed by atoms with Gasteiger partial charge in [-0.25, -0.2) is 4.39 Å². The maximum Gasteiger partial charge on any atom is 0.295 e. The number of amides is 1. The Morgan fingerprint density at radius 2 is 1.92 bits per heavy atom. The van der Waals surface area contributed by atoms with Crippen LogP contribution in [0.15, 0.2) is 52.7 Å². The van der Waals surface area contributed by atoms with Gasteiger partial charge in [0.15, 0.2) is 5.69 Å². The molecule has 0 saturated heterocycles. The standard InChI is InChI=1S/C18H16FN3O2/c1-3-22-15-9-4-11(2)10-14(15)16(18(22)24)20-21-17(23)12-5-7-13(19)8-6-12/h4-10,24H,3H2,1-2H3. The molecule has 24 heavy (non-hydrogen) atoms. The van der Waals surface area contributed by atoms with Gasteiger partial charge < -0.3 is 9.67 Å². The fourth-order valence-corrected chi connectivity index (χ4v) is 2.60. The molecule has 6 heteroatoms. The number of benzene rings is 2. The minimum atomic E-state index is -0.598. The molecule has 3 rings (SSSR count). The first kappa shape index (κ1) is 15.9. The van der Waals surface area contributed by atoms with E-state index in [1.807, 2.05) is 32.0 Å². The van der Waals surface area contributed by atoms with Gasteiger partial charge in [-0.3, -0.25) is 4.79 Å². The van der Waals surface area contributed by atoms with Crippen LogP contribution in [0, 0.1) is 12.7 Å². The SMILES string of the molecule is CCn1c(O)c(N=NC(=O)c2ccc(F)cc2)c2cc(C)ccc21. The maximum absolute atomic E-state index is 12.9. The number of carbonyl (C=O) groups is 1. The number of rotatable bonds is 3. The number of halogens is 1. The van der Waals surface area contributed by atoms with E-state index in [1.165, 1.54) is 24.3 Å². The summed E-state index contributed by atoms with van der Waals surface area (Å²) in [6.07, 6.45) is 0. The molecule has 1 heterocycles. The number of azo groups is 1. The molecule has 0 fully saturated rings. The first-order chi connectivity index (χ1) is 11.5.